The Hall–Kier alpha value is -2.04. The summed E-state index contributed by atoms with van der Waals surface area (Å²) in [5.41, 5.74) is 2.59. The van der Waals surface area contributed by atoms with E-state index in [2.05, 4.69) is 10.3 Å². The number of carbonyl (C=O) groups is 1. The summed E-state index contributed by atoms with van der Waals surface area (Å²) < 4.78 is 5.79. The molecule has 1 atom stereocenters. The van der Waals surface area contributed by atoms with Gasteiger partial charge in [-0.05, 0) is 36.8 Å². The van der Waals surface area contributed by atoms with Gasteiger partial charge in [0.15, 0.2) is 6.10 Å². The molecule has 0 saturated carbocycles. The molecule has 118 valence electrons. The number of aromatic nitrogens is 1. The fraction of sp³-hybridized carbons (Fsp3) is 0.176. The summed E-state index contributed by atoms with van der Waals surface area (Å²) in [7, 11) is 1.70. The summed E-state index contributed by atoms with van der Waals surface area (Å²) in [4.78, 5) is 17.2. The predicted molar refractivity (Wildman–Crippen MR) is 90.2 cm³/mol. The first-order valence-corrected chi connectivity index (χ1v) is 7.77. The number of benzene rings is 1. The Morgan fingerprint density at radius 2 is 2.00 bits per heavy atom. The summed E-state index contributed by atoms with van der Waals surface area (Å²) in [6.45, 7) is 1.94. The molecule has 3 rings (SSSR count). The second kappa shape index (κ2) is 6.22. The Balaban J connectivity index is 2.03. The molecule has 1 N–H and O–H groups in total. The van der Waals surface area contributed by atoms with Crippen molar-refractivity contribution in [3.63, 3.8) is 0 Å². The summed E-state index contributed by atoms with van der Waals surface area (Å²) in [5.74, 6) is 0.209. The van der Waals surface area contributed by atoms with Gasteiger partial charge in [-0.15, -0.1) is 0 Å². The molecule has 0 aliphatic carbocycles. The van der Waals surface area contributed by atoms with Crippen LogP contribution in [0.2, 0.25) is 10.0 Å². The number of rotatable bonds is 3. The third kappa shape index (κ3) is 2.92. The first-order valence-electron chi connectivity index (χ1n) is 7.02. The Morgan fingerprint density at radius 1 is 1.22 bits per heavy atom. The topological polar surface area (TPSA) is 51.2 Å². The van der Waals surface area contributed by atoms with Gasteiger partial charge < -0.3 is 10.1 Å². The second-order valence-electron chi connectivity index (χ2n) is 5.20. The molecule has 0 unspecified atom stereocenters. The molecule has 0 fully saturated rings. The van der Waals surface area contributed by atoms with Crippen molar-refractivity contribution >= 4 is 34.6 Å². The van der Waals surface area contributed by atoms with Gasteiger partial charge >= 0.3 is 0 Å². The number of hydrogen-bond acceptors (Lipinski definition) is 4. The summed E-state index contributed by atoms with van der Waals surface area (Å²) in [6.07, 6.45) is 0.861. The predicted octanol–water partition coefficient (Wildman–Crippen LogP) is 3.93. The number of pyridine rings is 1. The van der Waals surface area contributed by atoms with E-state index < -0.39 is 6.10 Å². The van der Waals surface area contributed by atoms with Gasteiger partial charge in [0.2, 0.25) is 11.7 Å². The normalized spacial score (nSPS) is 17.4. The van der Waals surface area contributed by atoms with Crippen LogP contribution in [0.5, 0.6) is 0 Å². The maximum absolute atomic E-state index is 12.9. The molecule has 0 saturated heterocycles. The van der Waals surface area contributed by atoms with Gasteiger partial charge in [-0.3, -0.25) is 9.78 Å². The van der Waals surface area contributed by atoms with Crippen molar-refractivity contribution in [2.75, 3.05) is 7.05 Å². The largest absolute Gasteiger partial charge is 0.462 e. The lowest BCUT2D eigenvalue weighted by Gasteiger charge is -2.13. The molecule has 0 bridgehead atoms. The van der Waals surface area contributed by atoms with Crippen LogP contribution in [0.1, 0.15) is 22.9 Å². The molecular formula is C17H14Cl2N2O2. The van der Waals surface area contributed by atoms with E-state index in [1.54, 1.807) is 31.4 Å². The van der Waals surface area contributed by atoms with Gasteiger partial charge in [-0.25, -0.2) is 0 Å². The molecule has 6 heteroatoms. The maximum atomic E-state index is 12.9. The SMILES string of the molecule is CNC1=C(c2cc(C)ccn2)C(=O)[C@H](c2ccc(Cl)cc2Cl)O1. The molecule has 0 radical (unpaired) electrons. The lowest BCUT2D eigenvalue weighted by Crippen LogP contribution is -2.11. The minimum Gasteiger partial charge on any atom is -0.462 e. The molecule has 0 amide bonds. The molecule has 2 heterocycles. The van der Waals surface area contributed by atoms with Crippen LogP contribution in [0.4, 0.5) is 0 Å². The molecule has 1 aromatic carbocycles. The smallest absolute Gasteiger partial charge is 0.215 e. The van der Waals surface area contributed by atoms with Gasteiger partial charge in [-0.1, -0.05) is 29.3 Å². The molecular weight excluding hydrogens is 335 g/mol. The molecule has 2 aromatic rings. The van der Waals surface area contributed by atoms with Gasteiger partial charge in [0, 0.05) is 28.9 Å². The van der Waals surface area contributed by atoms with E-state index in [0.29, 0.717) is 32.8 Å². The van der Waals surface area contributed by atoms with Gasteiger partial charge in [-0.2, -0.15) is 0 Å². The van der Waals surface area contributed by atoms with Crippen LogP contribution in [-0.4, -0.2) is 17.8 Å². The zero-order valence-electron chi connectivity index (χ0n) is 12.6. The Kier molecular flexibility index (Phi) is 4.28. The number of carbonyl (C=O) groups excluding carboxylic acids is 1. The van der Waals surface area contributed by atoms with Gasteiger partial charge in [0.05, 0.1) is 5.69 Å². The minimum absolute atomic E-state index is 0.184. The lowest BCUT2D eigenvalue weighted by molar-refractivity contribution is -0.120. The number of hydrogen-bond donors (Lipinski definition) is 1. The third-order valence-electron chi connectivity index (χ3n) is 3.59. The van der Waals surface area contributed by atoms with Crippen LogP contribution in [-0.2, 0) is 9.53 Å². The fourth-order valence-electron chi connectivity index (χ4n) is 2.49. The lowest BCUT2D eigenvalue weighted by atomic mass is 9.99. The summed E-state index contributed by atoms with van der Waals surface area (Å²) >= 11 is 12.1. The van der Waals surface area contributed by atoms with E-state index in [1.807, 2.05) is 19.1 Å². The van der Waals surface area contributed by atoms with E-state index in [-0.39, 0.29) is 5.78 Å². The van der Waals surface area contributed by atoms with Crippen LogP contribution in [0.3, 0.4) is 0 Å². The standard InChI is InChI=1S/C17H14Cl2N2O2/c1-9-5-6-21-13(7-9)14-15(22)16(23-17(14)20-2)11-4-3-10(18)8-12(11)19/h3-8,16,20H,1-2H3/t16-/m0/s1. The van der Waals surface area contributed by atoms with Crippen molar-refractivity contribution < 1.29 is 9.53 Å². The molecule has 1 aliphatic rings. The Morgan fingerprint density at radius 3 is 2.65 bits per heavy atom. The molecule has 1 aliphatic heterocycles. The quantitative estimate of drug-likeness (QED) is 0.912. The Labute approximate surface area is 144 Å². The third-order valence-corrected chi connectivity index (χ3v) is 4.15. The molecule has 23 heavy (non-hydrogen) atoms. The zero-order chi connectivity index (χ0) is 16.6. The average Bonchev–Trinajstić information content (AvgIpc) is 2.84. The Bertz CT molecular complexity index is 818. The number of ether oxygens (including phenoxy) is 1. The van der Waals surface area contributed by atoms with Crippen molar-refractivity contribution in [3.05, 3.63) is 69.3 Å². The van der Waals surface area contributed by atoms with Crippen LogP contribution in [0, 0.1) is 6.92 Å². The van der Waals surface area contributed by atoms with Gasteiger partial charge in [0.1, 0.15) is 5.57 Å². The number of nitrogens with zero attached hydrogens (tertiary/aromatic N) is 1. The number of halogens is 2. The molecule has 1 aromatic heterocycles. The van der Waals surface area contributed by atoms with Gasteiger partial charge in [0.25, 0.3) is 0 Å². The maximum Gasteiger partial charge on any atom is 0.215 e. The minimum atomic E-state index is -0.806. The highest BCUT2D eigenvalue weighted by Crippen LogP contribution is 2.39. The monoisotopic (exact) mass is 348 g/mol. The van der Waals surface area contributed by atoms with Crippen molar-refractivity contribution in [3.8, 4) is 0 Å². The van der Waals surface area contributed by atoms with Crippen LogP contribution >= 0.6 is 23.2 Å². The zero-order valence-corrected chi connectivity index (χ0v) is 14.1. The van der Waals surface area contributed by atoms with Crippen molar-refractivity contribution in [1.29, 1.82) is 0 Å². The average molecular weight is 349 g/mol. The van der Waals surface area contributed by atoms with E-state index in [4.69, 9.17) is 27.9 Å². The number of ketones is 1. The van der Waals surface area contributed by atoms with Crippen molar-refractivity contribution in [2.24, 2.45) is 0 Å². The number of Topliss-reactive ketones (excluding diaryl/α,β-unsaturated/α-hetero) is 1. The second-order valence-corrected chi connectivity index (χ2v) is 6.04. The highest BCUT2D eigenvalue weighted by atomic mass is 35.5. The first-order chi connectivity index (χ1) is 11.0. The van der Waals surface area contributed by atoms with E-state index in [1.165, 1.54) is 0 Å². The van der Waals surface area contributed by atoms with E-state index in [9.17, 15) is 4.79 Å². The van der Waals surface area contributed by atoms with E-state index in [0.717, 1.165) is 5.56 Å². The number of nitrogens with one attached hydrogen (secondary N) is 1. The summed E-state index contributed by atoms with van der Waals surface area (Å²) in [6, 6.07) is 8.70. The molecule has 0 spiro atoms. The summed E-state index contributed by atoms with van der Waals surface area (Å²) in [5, 5.41) is 3.82. The van der Waals surface area contributed by atoms with E-state index >= 15 is 0 Å². The van der Waals surface area contributed by atoms with Crippen molar-refractivity contribution in [2.45, 2.75) is 13.0 Å². The fourth-order valence-corrected chi connectivity index (χ4v) is 3.00. The molecule has 4 nitrogen and oxygen atoms in total. The first kappa shape index (κ1) is 15.8. The van der Waals surface area contributed by atoms with Crippen LogP contribution < -0.4 is 5.32 Å². The highest BCUT2D eigenvalue weighted by Gasteiger charge is 2.38. The highest BCUT2D eigenvalue weighted by molar-refractivity contribution is 6.35. The number of aryl methyl sites for hydroxylation is 1. The van der Waals surface area contributed by atoms with Crippen LogP contribution in [0.15, 0.2) is 42.4 Å². The van der Waals surface area contributed by atoms with Crippen LogP contribution in [0.25, 0.3) is 5.57 Å². The van der Waals surface area contributed by atoms with Crippen molar-refractivity contribution in [1.82, 2.24) is 10.3 Å².